The summed E-state index contributed by atoms with van der Waals surface area (Å²) in [6, 6.07) is 3.75. The second-order valence-corrected chi connectivity index (χ2v) is 6.33. The van der Waals surface area contributed by atoms with Gasteiger partial charge in [-0.25, -0.2) is 0 Å². The van der Waals surface area contributed by atoms with Crippen molar-refractivity contribution in [3.8, 4) is 0 Å². The minimum absolute atomic E-state index is 0.0258. The Hall–Kier alpha value is -1.25. The van der Waals surface area contributed by atoms with Gasteiger partial charge in [0, 0.05) is 6.42 Å². The second-order valence-electron chi connectivity index (χ2n) is 6.33. The number of ether oxygens (including phenoxy) is 1. The zero-order valence-corrected chi connectivity index (χ0v) is 12.1. The van der Waals surface area contributed by atoms with Crippen LogP contribution < -0.4 is 0 Å². The van der Waals surface area contributed by atoms with E-state index in [-0.39, 0.29) is 17.3 Å². The van der Waals surface area contributed by atoms with Crippen molar-refractivity contribution in [2.24, 2.45) is 17.3 Å². The predicted molar refractivity (Wildman–Crippen MR) is 73.7 cm³/mol. The van der Waals surface area contributed by atoms with Gasteiger partial charge in [-0.1, -0.05) is 27.2 Å². The molecule has 1 fully saturated rings. The van der Waals surface area contributed by atoms with Crippen molar-refractivity contribution in [3.63, 3.8) is 0 Å². The molecule has 0 aliphatic heterocycles. The number of hydrogen-bond acceptors (Lipinski definition) is 3. The van der Waals surface area contributed by atoms with E-state index in [0.717, 1.165) is 18.6 Å². The van der Waals surface area contributed by atoms with Crippen molar-refractivity contribution in [2.45, 2.75) is 46.5 Å². The summed E-state index contributed by atoms with van der Waals surface area (Å²) in [5, 5.41) is 0. The van der Waals surface area contributed by atoms with Gasteiger partial charge >= 0.3 is 5.97 Å². The molecule has 2 atom stereocenters. The molecule has 0 amide bonds. The Labute approximate surface area is 115 Å². The average molecular weight is 264 g/mol. The first-order chi connectivity index (χ1) is 9.00. The summed E-state index contributed by atoms with van der Waals surface area (Å²) >= 11 is 0. The van der Waals surface area contributed by atoms with E-state index in [9.17, 15) is 4.79 Å². The molecule has 1 heterocycles. The lowest BCUT2D eigenvalue weighted by Gasteiger charge is -2.41. The fourth-order valence-electron chi connectivity index (χ4n) is 3.32. The smallest absolute Gasteiger partial charge is 0.309 e. The van der Waals surface area contributed by atoms with Crippen molar-refractivity contribution in [3.05, 3.63) is 24.2 Å². The van der Waals surface area contributed by atoms with Crippen molar-refractivity contribution in [1.82, 2.24) is 0 Å². The first-order valence-electron chi connectivity index (χ1n) is 7.20. The quantitative estimate of drug-likeness (QED) is 0.776. The van der Waals surface area contributed by atoms with Crippen molar-refractivity contribution in [1.29, 1.82) is 0 Å². The van der Waals surface area contributed by atoms with E-state index in [2.05, 4.69) is 20.8 Å². The lowest BCUT2D eigenvalue weighted by atomic mass is 9.64. The Bertz CT molecular complexity index is 406. The molecule has 1 aromatic heterocycles. The van der Waals surface area contributed by atoms with Crippen LogP contribution in [0, 0.1) is 17.3 Å². The SMILES string of the molecule is CC1CCCC(C)(C)C1C(=O)OCCc1ccco1. The zero-order valence-electron chi connectivity index (χ0n) is 12.1. The van der Waals surface area contributed by atoms with Crippen molar-refractivity contribution < 1.29 is 13.9 Å². The molecule has 0 spiro atoms. The van der Waals surface area contributed by atoms with Crippen LogP contribution in [0.2, 0.25) is 0 Å². The van der Waals surface area contributed by atoms with Crippen LogP contribution in [0.25, 0.3) is 0 Å². The normalized spacial score (nSPS) is 26.1. The maximum absolute atomic E-state index is 12.3. The lowest BCUT2D eigenvalue weighted by Crippen LogP contribution is -2.40. The van der Waals surface area contributed by atoms with Crippen LogP contribution >= 0.6 is 0 Å². The predicted octanol–water partition coefficient (Wildman–Crippen LogP) is 3.83. The molecular formula is C16H24O3. The maximum atomic E-state index is 12.3. The third-order valence-corrected chi connectivity index (χ3v) is 4.32. The molecule has 2 unspecified atom stereocenters. The summed E-state index contributed by atoms with van der Waals surface area (Å²) < 4.78 is 10.7. The van der Waals surface area contributed by atoms with Gasteiger partial charge in [0.1, 0.15) is 5.76 Å². The van der Waals surface area contributed by atoms with Gasteiger partial charge in [-0.05, 0) is 36.3 Å². The van der Waals surface area contributed by atoms with E-state index in [1.165, 1.54) is 6.42 Å². The molecule has 1 aromatic rings. The highest BCUT2D eigenvalue weighted by atomic mass is 16.5. The number of carbonyl (C=O) groups is 1. The number of hydrogen-bond donors (Lipinski definition) is 0. The molecule has 0 aromatic carbocycles. The molecule has 0 N–H and O–H groups in total. The molecule has 3 nitrogen and oxygen atoms in total. The molecule has 106 valence electrons. The Kier molecular flexibility index (Phi) is 4.33. The molecule has 0 bridgehead atoms. The minimum Gasteiger partial charge on any atom is -0.469 e. The summed E-state index contributed by atoms with van der Waals surface area (Å²) in [6.45, 7) is 6.94. The number of carbonyl (C=O) groups excluding carboxylic acids is 1. The Morgan fingerprint density at radius 3 is 2.95 bits per heavy atom. The first kappa shape index (κ1) is 14.2. The lowest BCUT2D eigenvalue weighted by molar-refractivity contribution is -0.157. The Morgan fingerprint density at radius 2 is 2.32 bits per heavy atom. The Balaban J connectivity index is 1.87. The molecule has 2 rings (SSSR count). The molecule has 19 heavy (non-hydrogen) atoms. The largest absolute Gasteiger partial charge is 0.469 e. The van der Waals surface area contributed by atoms with Gasteiger partial charge in [-0.3, -0.25) is 4.79 Å². The minimum atomic E-state index is -0.0382. The maximum Gasteiger partial charge on any atom is 0.309 e. The highest BCUT2D eigenvalue weighted by molar-refractivity contribution is 5.73. The first-order valence-corrected chi connectivity index (χ1v) is 7.20. The topological polar surface area (TPSA) is 39.4 Å². The highest BCUT2D eigenvalue weighted by Gasteiger charge is 2.42. The number of furan rings is 1. The van der Waals surface area contributed by atoms with E-state index in [4.69, 9.17) is 9.15 Å². The van der Waals surface area contributed by atoms with Gasteiger partial charge in [0.25, 0.3) is 0 Å². The Morgan fingerprint density at radius 1 is 1.53 bits per heavy atom. The monoisotopic (exact) mass is 264 g/mol. The van der Waals surface area contributed by atoms with Gasteiger partial charge in [-0.15, -0.1) is 0 Å². The van der Waals surface area contributed by atoms with Gasteiger partial charge in [0.15, 0.2) is 0 Å². The number of esters is 1. The van der Waals surface area contributed by atoms with Crippen LogP contribution in [-0.4, -0.2) is 12.6 Å². The van der Waals surface area contributed by atoms with Crippen molar-refractivity contribution in [2.75, 3.05) is 6.61 Å². The fraction of sp³-hybridized carbons (Fsp3) is 0.688. The van der Waals surface area contributed by atoms with Crippen LogP contribution in [0.3, 0.4) is 0 Å². The van der Waals surface area contributed by atoms with E-state index in [1.54, 1.807) is 6.26 Å². The third-order valence-electron chi connectivity index (χ3n) is 4.32. The van der Waals surface area contributed by atoms with Crippen LogP contribution in [0.5, 0.6) is 0 Å². The standard InChI is InChI=1S/C16H24O3/c1-12-6-4-9-16(2,3)14(12)15(17)19-11-8-13-7-5-10-18-13/h5,7,10,12,14H,4,6,8-9,11H2,1-3H3. The molecule has 1 aliphatic rings. The summed E-state index contributed by atoms with van der Waals surface area (Å²) in [5.41, 5.74) is 0.0550. The summed E-state index contributed by atoms with van der Waals surface area (Å²) in [7, 11) is 0. The van der Waals surface area contributed by atoms with Gasteiger partial charge in [0.2, 0.25) is 0 Å². The van der Waals surface area contributed by atoms with Crippen LogP contribution in [0.1, 0.15) is 45.8 Å². The summed E-state index contributed by atoms with van der Waals surface area (Å²) in [5.74, 6) is 1.27. The van der Waals surface area contributed by atoms with E-state index >= 15 is 0 Å². The average Bonchev–Trinajstić information content (AvgIpc) is 2.80. The highest BCUT2D eigenvalue weighted by Crippen LogP contribution is 2.44. The summed E-state index contributed by atoms with van der Waals surface area (Å²) in [4.78, 5) is 12.3. The fourth-order valence-corrected chi connectivity index (χ4v) is 3.32. The molecule has 0 radical (unpaired) electrons. The van der Waals surface area contributed by atoms with Crippen LogP contribution in [-0.2, 0) is 16.0 Å². The third kappa shape index (κ3) is 3.40. The van der Waals surface area contributed by atoms with Crippen LogP contribution in [0.4, 0.5) is 0 Å². The van der Waals surface area contributed by atoms with E-state index < -0.39 is 0 Å². The summed E-state index contributed by atoms with van der Waals surface area (Å²) in [6.07, 6.45) is 5.74. The molecular weight excluding hydrogens is 240 g/mol. The van der Waals surface area contributed by atoms with Crippen molar-refractivity contribution >= 4 is 5.97 Å². The molecule has 1 saturated carbocycles. The zero-order chi connectivity index (χ0) is 13.9. The number of rotatable bonds is 4. The van der Waals surface area contributed by atoms with Gasteiger partial charge in [0.05, 0.1) is 18.8 Å². The molecule has 0 saturated heterocycles. The van der Waals surface area contributed by atoms with E-state index in [0.29, 0.717) is 18.9 Å². The van der Waals surface area contributed by atoms with E-state index in [1.807, 2.05) is 12.1 Å². The van der Waals surface area contributed by atoms with Gasteiger partial charge < -0.3 is 9.15 Å². The van der Waals surface area contributed by atoms with Gasteiger partial charge in [-0.2, -0.15) is 0 Å². The van der Waals surface area contributed by atoms with Crippen LogP contribution in [0.15, 0.2) is 22.8 Å². The second kappa shape index (κ2) is 5.81. The molecule has 3 heteroatoms. The molecule has 1 aliphatic carbocycles.